The van der Waals surface area contributed by atoms with E-state index in [9.17, 15) is 8.78 Å². The monoisotopic (exact) mass is 268 g/mol. The fourth-order valence-electron chi connectivity index (χ4n) is 1.42. The molecule has 0 aliphatic heterocycles. The molecular formula is C11H19BrF2. The van der Waals surface area contributed by atoms with Crippen molar-refractivity contribution in [3.05, 3.63) is 12.2 Å². The molecule has 1 unspecified atom stereocenters. The molecule has 1 atom stereocenters. The second kappa shape index (κ2) is 6.54. The molecule has 0 saturated heterocycles. The molecule has 0 radical (unpaired) electrons. The van der Waals surface area contributed by atoms with Gasteiger partial charge in [0.05, 0.1) is 0 Å². The molecule has 0 aromatic rings. The fraction of sp³-hybridized carbons (Fsp3) is 0.818. The lowest BCUT2D eigenvalue weighted by Gasteiger charge is -2.25. The summed E-state index contributed by atoms with van der Waals surface area (Å²) >= 11 is 3.21. The number of halogens is 3. The van der Waals surface area contributed by atoms with Gasteiger partial charge in [0, 0.05) is 18.2 Å². The van der Waals surface area contributed by atoms with Gasteiger partial charge in [0.25, 0.3) is 0 Å². The van der Waals surface area contributed by atoms with E-state index in [-0.39, 0.29) is 18.8 Å². The standard InChI is InChI=1S/C7H12F2.C4H7Br/c1-6-3-2-4-7(8,9)5-6;1-4(2)3-5/h6H,2-5H2,1H3;1,3H2,2H3. The van der Waals surface area contributed by atoms with Crippen LogP contribution in [0.2, 0.25) is 0 Å². The van der Waals surface area contributed by atoms with E-state index in [0.717, 1.165) is 11.8 Å². The topological polar surface area (TPSA) is 0 Å². The predicted octanol–water partition coefficient (Wildman–Crippen LogP) is 4.79. The molecule has 1 rings (SSSR count). The Hall–Kier alpha value is 0.0800. The Balaban J connectivity index is 0.000000292. The molecule has 0 nitrogen and oxygen atoms in total. The summed E-state index contributed by atoms with van der Waals surface area (Å²) < 4.78 is 24.9. The van der Waals surface area contributed by atoms with E-state index in [4.69, 9.17) is 0 Å². The summed E-state index contributed by atoms with van der Waals surface area (Å²) in [6, 6.07) is 0. The highest BCUT2D eigenvalue weighted by Gasteiger charge is 2.33. The Kier molecular flexibility index (Phi) is 6.58. The van der Waals surface area contributed by atoms with Gasteiger partial charge in [0.1, 0.15) is 0 Å². The van der Waals surface area contributed by atoms with Crippen LogP contribution in [0, 0.1) is 5.92 Å². The first-order valence-electron chi connectivity index (χ1n) is 4.95. The lowest BCUT2D eigenvalue weighted by atomic mass is 9.88. The molecule has 3 heteroatoms. The highest BCUT2D eigenvalue weighted by atomic mass is 79.9. The van der Waals surface area contributed by atoms with Crippen molar-refractivity contribution >= 4 is 15.9 Å². The average Bonchev–Trinajstić information content (AvgIpc) is 2.02. The molecular weight excluding hydrogens is 250 g/mol. The minimum atomic E-state index is -2.35. The van der Waals surface area contributed by atoms with E-state index in [2.05, 4.69) is 22.5 Å². The normalized spacial score (nSPS) is 24.8. The summed E-state index contributed by atoms with van der Waals surface area (Å²) in [5.41, 5.74) is 1.17. The number of rotatable bonds is 1. The van der Waals surface area contributed by atoms with Gasteiger partial charge in [-0.15, -0.1) is 0 Å². The van der Waals surface area contributed by atoms with Gasteiger partial charge in [-0.1, -0.05) is 41.4 Å². The number of hydrogen-bond acceptors (Lipinski definition) is 0. The van der Waals surface area contributed by atoms with Crippen LogP contribution in [0.25, 0.3) is 0 Å². The smallest absolute Gasteiger partial charge is 0.207 e. The van der Waals surface area contributed by atoms with Crippen LogP contribution in [0.4, 0.5) is 8.78 Å². The van der Waals surface area contributed by atoms with Gasteiger partial charge in [-0.2, -0.15) is 0 Å². The lowest BCUT2D eigenvalue weighted by molar-refractivity contribution is -0.0494. The summed E-state index contributed by atoms with van der Waals surface area (Å²) in [5.74, 6) is -2.12. The molecule has 1 fully saturated rings. The summed E-state index contributed by atoms with van der Waals surface area (Å²) in [7, 11) is 0. The third-order valence-electron chi connectivity index (χ3n) is 2.11. The quantitative estimate of drug-likeness (QED) is 0.474. The lowest BCUT2D eigenvalue weighted by Crippen LogP contribution is -2.24. The molecule has 1 aliphatic rings. The molecule has 0 bridgehead atoms. The molecule has 0 amide bonds. The van der Waals surface area contributed by atoms with E-state index in [1.165, 1.54) is 5.57 Å². The Morgan fingerprint density at radius 1 is 1.57 bits per heavy atom. The minimum Gasteiger partial charge on any atom is -0.207 e. The Labute approximate surface area is 93.9 Å². The predicted molar refractivity (Wildman–Crippen MR) is 61.2 cm³/mol. The number of alkyl halides is 3. The third kappa shape index (κ3) is 7.48. The first-order chi connectivity index (χ1) is 6.37. The van der Waals surface area contributed by atoms with Crippen molar-refractivity contribution in [3.63, 3.8) is 0 Å². The van der Waals surface area contributed by atoms with Crippen molar-refractivity contribution in [1.29, 1.82) is 0 Å². The van der Waals surface area contributed by atoms with E-state index >= 15 is 0 Å². The van der Waals surface area contributed by atoms with Gasteiger partial charge in [0.2, 0.25) is 5.92 Å². The zero-order chi connectivity index (χ0) is 11.2. The molecule has 0 N–H and O–H groups in total. The van der Waals surface area contributed by atoms with Gasteiger partial charge in [-0.25, -0.2) is 8.78 Å². The van der Waals surface area contributed by atoms with Crippen LogP contribution in [-0.4, -0.2) is 11.3 Å². The van der Waals surface area contributed by atoms with Gasteiger partial charge in [0.15, 0.2) is 0 Å². The molecule has 0 heterocycles. The molecule has 0 spiro atoms. The zero-order valence-corrected chi connectivity index (χ0v) is 10.5. The SMILES string of the molecule is C=C(C)CBr.CC1CCCC(F)(F)C1. The Morgan fingerprint density at radius 3 is 2.29 bits per heavy atom. The minimum absolute atomic E-state index is 0.104. The largest absolute Gasteiger partial charge is 0.248 e. The van der Waals surface area contributed by atoms with Gasteiger partial charge >= 0.3 is 0 Å². The van der Waals surface area contributed by atoms with Gasteiger partial charge < -0.3 is 0 Å². The van der Waals surface area contributed by atoms with Gasteiger partial charge in [-0.05, 0) is 19.3 Å². The Morgan fingerprint density at radius 2 is 2.07 bits per heavy atom. The number of hydrogen-bond donors (Lipinski definition) is 0. The molecule has 1 aliphatic carbocycles. The molecule has 0 aromatic carbocycles. The van der Waals surface area contributed by atoms with Crippen LogP contribution in [0.1, 0.15) is 39.5 Å². The highest BCUT2D eigenvalue weighted by Crippen LogP contribution is 2.35. The fourth-order valence-corrected chi connectivity index (χ4v) is 1.42. The van der Waals surface area contributed by atoms with Crippen LogP contribution in [-0.2, 0) is 0 Å². The van der Waals surface area contributed by atoms with Crippen molar-refractivity contribution in [2.75, 3.05) is 5.33 Å². The van der Waals surface area contributed by atoms with Crippen LogP contribution in [0.15, 0.2) is 12.2 Å². The van der Waals surface area contributed by atoms with E-state index in [0.29, 0.717) is 6.42 Å². The third-order valence-corrected chi connectivity index (χ3v) is 3.07. The maximum atomic E-state index is 12.5. The maximum Gasteiger partial charge on any atom is 0.248 e. The molecule has 14 heavy (non-hydrogen) atoms. The highest BCUT2D eigenvalue weighted by molar-refractivity contribution is 9.09. The van der Waals surface area contributed by atoms with E-state index < -0.39 is 5.92 Å². The first-order valence-corrected chi connectivity index (χ1v) is 6.07. The van der Waals surface area contributed by atoms with Crippen LogP contribution in [0.5, 0.6) is 0 Å². The summed E-state index contributed by atoms with van der Waals surface area (Å²) in [6.07, 6.45) is 1.90. The van der Waals surface area contributed by atoms with E-state index in [1.54, 1.807) is 0 Å². The van der Waals surface area contributed by atoms with Crippen molar-refractivity contribution in [1.82, 2.24) is 0 Å². The van der Waals surface area contributed by atoms with Crippen molar-refractivity contribution in [3.8, 4) is 0 Å². The molecule has 1 saturated carbocycles. The molecule has 0 aromatic heterocycles. The van der Waals surface area contributed by atoms with Crippen LogP contribution in [0.3, 0.4) is 0 Å². The summed E-state index contributed by atoms with van der Waals surface area (Å²) in [4.78, 5) is 0. The second-order valence-electron chi connectivity index (χ2n) is 4.15. The molecule has 84 valence electrons. The second-order valence-corrected chi connectivity index (χ2v) is 4.71. The summed E-state index contributed by atoms with van der Waals surface area (Å²) in [6.45, 7) is 7.50. The van der Waals surface area contributed by atoms with E-state index in [1.807, 2.05) is 13.8 Å². The van der Waals surface area contributed by atoms with Gasteiger partial charge in [-0.3, -0.25) is 0 Å². The van der Waals surface area contributed by atoms with Crippen molar-refractivity contribution < 1.29 is 8.78 Å². The van der Waals surface area contributed by atoms with Crippen molar-refractivity contribution in [2.24, 2.45) is 5.92 Å². The maximum absolute atomic E-state index is 12.5. The van der Waals surface area contributed by atoms with Crippen LogP contribution >= 0.6 is 15.9 Å². The van der Waals surface area contributed by atoms with Crippen LogP contribution < -0.4 is 0 Å². The Bertz CT molecular complexity index is 178. The number of allylic oxidation sites excluding steroid dienone is 1. The zero-order valence-electron chi connectivity index (χ0n) is 8.95. The first kappa shape index (κ1) is 14.1. The summed E-state index contributed by atoms with van der Waals surface area (Å²) in [5, 5.41) is 0.924. The average molecular weight is 269 g/mol. The van der Waals surface area contributed by atoms with Crippen molar-refractivity contribution in [2.45, 2.75) is 45.5 Å².